The van der Waals surface area contributed by atoms with Gasteiger partial charge in [0.2, 0.25) is 5.82 Å². The molecule has 1 aliphatic rings. The first kappa shape index (κ1) is 20.4. The van der Waals surface area contributed by atoms with Crippen molar-refractivity contribution in [2.24, 2.45) is 0 Å². The number of rotatable bonds is 6. The standard InChI is InChI=1S/C20H19FN6O4/c1-31-9-8-26-18-12-25(11-13(18)10-22-26)20(28)24-19-17(27(29)30)7-6-16(23-19)14-4-2-3-5-15(14)21/h2-7,10H,8-9,11-12H2,1H3,(H,23,24,28). The normalized spacial score (nSPS) is 12.6. The number of carbonyl (C=O) groups is 1. The van der Waals surface area contributed by atoms with Gasteiger partial charge in [-0.1, -0.05) is 12.1 Å². The molecule has 0 fully saturated rings. The molecule has 0 aliphatic carbocycles. The van der Waals surface area contributed by atoms with Gasteiger partial charge in [-0.25, -0.2) is 14.2 Å². The highest BCUT2D eigenvalue weighted by atomic mass is 19.1. The summed E-state index contributed by atoms with van der Waals surface area (Å²) in [6.45, 7) is 1.65. The van der Waals surface area contributed by atoms with Crippen LogP contribution in [0.4, 0.5) is 20.7 Å². The summed E-state index contributed by atoms with van der Waals surface area (Å²) in [5, 5.41) is 18.2. The summed E-state index contributed by atoms with van der Waals surface area (Å²) >= 11 is 0. The molecule has 3 heterocycles. The van der Waals surface area contributed by atoms with Crippen LogP contribution in [-0.2, 0) is 24.4 Å². The van der Waals surface area contributed by atoms with Gasteiger partial charge in [-0.2, -0.15) is 5.10 Å². The summed E-state index contributed by atoms with van der Waals surface area (Å²) in [6.07, 6.45) is 1.69. The number of nitro groups is 1. The Balaban J connectivity index is 1.56. The van der Waals surface area contributed by atoms with Crippen molar-refractivity contribution in [3.8, 4) is 11.3 Å². The van der Waals surface area contributed by atoms with Gasteiger partial charge in [0.15, 0.2) is 0 Å². The van der Waals surface area contributed by atoms with Gasteiger partial charge < -0.3 is 9.64 Å². The fourth-order valence-electron chi connectivity index (χ4n) is 3.41. The van der Waals surface area contributed by atoms with Crippen LogP contribution in [0.5, 0.6) is 0 Å². The lowest BCUT2D eigenvalue weighted by Crippen LogP contribution is -2.31. The Kier molecular flexibility index (Phi) is 5.58. The monoisotopic (exact) mass is 426 g/mol. The largest absolute Gasteiger partial charge is 0.383 e. The zero-order valence-corrected chi connectivity index (χ0v) is 16.6. The summed E-state index contributed by atoms with van der Waals surface area (Å²) in [5.74, 6) is -0.760. The molecule has 0 saturated heterocycles. The zero-order valence-electron chi connectivity index (χ0n) is 16.6. The lowest BCUT2D eigenvalue weighted by molar-refractivity contribution is -0.384. The first-order valence-electron chi connectivity index (χ1n) is 9.46. The summed E-state index contributed by atoms with van der Waals surface area (Å²) in [6, 6.07) is 7.95. The Labute approximate surface area is 176 Å². The number of pyridine rings is 1. The molecular formula is C20H19FN6O4. The molecule has 1 N–H and O–H groups in total. The number of anilines is 1. The van der Waals surface area contributed by atoms with E-state index in [9.17, 15) is 19.3 Å². The van der Waals surface area contributed by atoms with Crippen LogP contribution in [-0.4, -0.2) is 44.3 Å². The van der Waals surface area contributed by atoms with Crippen molar-refractivity contribution in [3.05, 3.63) is 69.8 Å². The molecule has 0 spiro atoms. The third-order valence-electron chi connectivity index (χ3n) is 4.98. The van der Waals surface area contributed by atoms with Gasteiger partial charge in [0, 0.05) is 24.3 Å². The third kappa shape index (κ3) is 4.08. The number of hydrogen-bond donors (Lipinski definition) is 1. The van der Waals surface area contributed by atoms with Gasteiger partial charge in [-0.05, 0) is 18.2 Å². The predicted octanol–water partition coefficient (Wildman–Crippen LogP) is 3.19. The van der Waals surface area contributed by atoms with E-state index in [1.54, 1.807) is 24.1 Å². The Morgan fingerprint density at radius 3 is 2.84 bits per heavy atom. The van der Waals surface area contributed by atoms with Gasteiger partial charge in [-0.3, -0.25) is 20.1 Å². The van der Waals surface area contributed by atoms with Crippen LogP contribution in [0.3, 0.4) is 0 Å². The summed E-state index contributed by atoms with van der Waals surface area (Å²) in [4.78, 5) is 29.3. The molecule has 4 rings (SSSR count). The third-order valence-corrected chi connectivity index (χ3v) is 4.98. The van der Waals surface area contributed by atoms with E-state index in [-0.39, 0.29) is 22.8 Å². The highest BCUT2D eigenvalue weighted by molar-refractivity contribution is 5.91. The Morgan fingerprint density at radius 2 is 2.10 bits per heavy atom. The fourth-order valence-corrected chi connectivity index (χ4v) is 3.41. The Morgan fingerprint density at radius 1 is 1.29 bits per heavy atom. The van der Waals surface area contributed by atoms with Gasteiger partial charge in [0.1, 0.15) is 5.82 Å². The second kappa shape index (κ2) is 8.48. The predicted molar refractivity (Wildman–Crippen MR) is 109 cm³/mol. The van der Waals surface area contributed by atoms with Crippen molar-refractivity contribution < 1.29 is 18.8 Å². The quantitative estimate of drug-likeness (QED) is 0.478. The molecule has 1 aromatic carbocycles. The van der Waals surface area contributed by atoms with Crippen molar-refractivity contribution >= 4 is 17.5 Å². The van der Waals surface area contributed by atoms with Crippen LogP contribution in [0.1, 0.15) is 11.3 Å². The second-order valence-corrected chi connectivity index (χ2v) is 6.92. The highest BCUT2D eigenvalue weighted by Crippen LogP contribution is 2.29. The molecule has 0 unspecified atom stereocenters. The van der Waals surface area contributed by atoms with Crippen LogP contribution < -0.4 is 5.32 Å². The summed E-state index contributed by atoms with van der Waals surface area (Å²) in [5.41, 5.74) is 1.76. The van der Waals surface area contributed by atoms with Crippen LogP contribution in [0, 0.1) is 15.9 Å². The molecule has 11 heteroatoms. The topological polar surface area (TPSA) is 115 Å². The number of nitrogens with zero attached hydrogens (tertiary/aromatic N) is 5. The number of amides is 2. The zero-order chi connectivity index (χ0) is 22.0. The molecule has 0 saturated carbocycles. The minimum absolute atomic E-state index is 0.180. The minimum Gasteiger partial charge on any atom is -0.383 e. The van der Waals surface area contributed by atoms with Gasteiger partial charge in [0.05, 0.1) is 48.7 Å². The molecule has 10 nitrogen and oxygen atoms in total. The number of aromatic nitrogens is 3. The van der Waals surface area contributed by atoms with Crippen LogP contribution in [0.25, 0.3) is 11.3 Å². The first-order chi connectivity index (χ1) is 15.0. The van der Waals surface area contributed by atoms with E-state index < -0.39 is 16.8 Å². The molecule has 2 amide bonds. The summed E-state index contributed by atoms with van der Waals surface area (Å²) < 4.78 is 21.0. The maximum absolute atomic E-state index is 14.1. The van der Waals surface area contributed by atoms with E-state index in [0.29, 0.717) is 26.2 Å². The highest BCUT2D eigenvalue weighted by Gasteiger charge is 2.29. The molecule has 31 heavy (non-hydrogen) atoms. The van der Waals surface area contributed by atoms with E-state index in [2.05, 4.69) is 15.4 Å². The average Bonchev–Trinajstić information content (AvgIpc) is 3.33. The maximum atomic E-state index is 14.1. The number of halogens is 1. The van der Waals surface area contributed by atoms with Gasteiger partial charge in [0.25, 0.3) is 0 Å². The van der Waals surface area contributed by atoms with Crippen molar-refractivity contribution in [1.29, 1.82) is 0 Å². The molecule has 1 aliphatic heterocycles. The number of methoxy groups -OCH3 is 1. The number of urea groups is 1. The number of nitrogens with one attached hydrogen (secondary N) is 1. The van der Waals surface area contributed by atoms with E-state index in [0.717, 1.165) is 11.3 Å². The first-order valence-corrected chi connectivity index (χ1v) is 9.46. The SMILES string of the molecule is COCCn1ncc2c1CN(C(=O)Nc1nc(-c3ccccc3F)ccc1[N+](=O)[O-])C2. The fraction of sp³-hybridized carbons (Fsp3) is 0.250. The summed E-state index contributed by atoms with van der Waals surface area (Å²) in [7, 11) is 1.60. The lowest BCUT2D eigenvalue weighted by atomic mass is 10.1. The molecule has 3 aromatic rings. The van der Waals surface area contributed by atoms with Crippen LogP contribution in [0.2, 0.25) is 0 Å². The van der Waals surface area contributed by atoms with Crippen molar-refractivity contribution in [2.75, 3.05) is 19.0 Å². The number of ether oxygens (including phenoxy) is 1. The van der Waals surface area contributed by atoms with E-state index in [1.807, 2.05) is 0 Å². The van der Waals surface area contributed by atoms with E-state index in [4.69, 9.17) is 4.74 Å². The minimum atomic E-state index is -0.644. The molecule has 160 valence electrons. The smallest absolute Gasteiger partial charge is 0.323 e. The number of fused-ring (bicyclic) bond motifs is 1. The van der Waals surface area contributed by atoms with Crippen molar-refractivity contribution in [2.45, 2.75) is 19.6 Å². The van der Waals surface area contributed by atoms with Crippen LogP contribution >= 0.6 is 0 Å². The van der Waals surface area contributed by atoms with Crippen molar-refractivity contribution in [3.63, 3.8) is 0 Å². The number of hydrogen-bond acceptors (Lipinski definition) is 6. The Bertz CT molecular complexity index is 1150. The van der Waals surface area contributed by atoms with Crippen molar-refractivity contribution in [1.82, 2.24) is 19.7 Å². The molecule has 0 radical (unpaired) electrons. The average molecular weight is 426 g/mol. The number of benzene rings is 1. The number of carbonyl (C=O) groups excluding carboxylic acids is 1. The maximum Gasteiger partial charge on any atom is 0.323 e. The van der Waals surface area contributed by atoms with Gasteiger partial charge >= 0.3 is 11.7 Å². The van der Waals surface area contributed by atoms with Crippen LogP contribution in [0.15, 0.2) is 42.6 Å². The second-order valence-electron chi connectivity index (χ2n) is 6.92. The van der Waals surface area contributed by atoms with Gasteiger partial charge in [-0.15, -0.1) is 0 Å². The van der Waals surface area contributed by atoms with E-state index in [1.165, 1.54) is 35.2 Å². The lowest BCUT2D eigenvalue weighted by Gasteiger charge is -2.17. The molecule has 0 atom stereocenters. The molecule has 0 bridgehead atoms. The molecular weight excluding hydrogens is 407 g/mol. The van der Waals surface area contributed by atoms with E-state index >= 15 is 0 Å². The Hall–Kier alpha value is -3.86. The molecule has 2 aromatic heterocycles.